The van der Waals surface area contributed by atoms with Gasteiger partial charge in [0.25, 0.3) is 0 Å². The van der Waals surface area contributed by atoms with Gasteiger partial charge in [-0.15, -0.1) is 0 Å². The number of rotatable bonds is 62. The predicted octanol–water partition coefficient (Wildman–Crippen LogP) is 22.9. The van der Waals surface area contributed by atoms with Crippen molar-refractivity contribution in [3.8, 4) is 0 Å². The lowest BCUT2D eigenvalue weighted by Crippen LogP contribution is -2.30. The van der Waals surface area contributed by atoms with E-state index in [4.69, 9.17) is 14.2 Å². The number of unbranched alkanes of at least 4 members (excludes halogenated alkanes) is 43. The molecule has 0 aromatic heterocycles. The smallest absolute Gasteiger partial charge is 0.306 e. The van der Waals surface area contributed by atoms with Crippen LogP contribution in [0.5, 0.6) is 0 Å². The van der Waals surface area contributed by atoms with Crippen molar-refractivity contribution >= 4 is 17.9 Å². The lowest BCUT2D eigenvalue weighted by Gasteiger charge is -2.18. The molecule has 0 spiro atoms. The number of ether oxygens (including phenoxy) is 3. The first-order chi connectivity index (χ1) is 37.5. The molecular weight excluding hydrogens is 937 g/mol. The zero-order valence-electron chi connectivity index (χ0n) is 51.0. The molecular formula is C70H128O6. The Morgan fingerprint density at radius 2 is 0.474 bits per heavy atom. The highest BCUT2D eigenvalue weighted by molar-refractivity contribution is 5.71. The van der Waals surface area contributed by atoms with Gasteiger partial charge < -0.3 is 14.2 Å². The van der Waals surface area contributed by atoms with Crippen molar-refractivity contribution < 1.29 is 28.6 Å². The molecule has 6 nitrogen and oxygen atoms in total. The SMILES string of the molecule is CCCCCC/C=C\C/C=C\CCCCCCCC(=O)OCC(COC(=O)CCCCCCCCCCCCCCCCCCCCCCCCCCCC)OC(=O)CCCCCCC/C=C\C/C=C\CCCCCC. The van der Waals surface area contributed by atoms with Gasteiger partial charge in [-0.05, 0) is 83.5 Å². The molecule has 0 fully saturated rings. The molecule has 0 aromatic carbocycles. The van der Waals surface area contributed by atoms with E-state index >= 15 is 0 Å². The maximum Gasteiger partial charge on any atom is 0.306 e. The molecule has 0 heterocycles. The molecule has 0 amide bonds. The van der Waals surface area contributed by atoms with Crippen LogP contribution in [-0.4, -0.2) is 37.2 Å². The molecule has 1 atom stereocenters. The summed E-state index contributed by atoms with van der Waals surface area (Å²) in [6, 6.07) is 0. The van der Waals surface area contributed by atoms with Crippen molar-refractivity contribution in [1.82, 2.24) is 0 Å². The molecule has 444 valence electrons. The fourth-order valence-corrected chi connectivity index (χ4v) is 9.98. The van der Waals surface area contributed by atoms with Crippen LogP contribution in [0.4, 0.5) is 0 Å². The van der Waals surface area contributed by atoms with Gasteiger partial charge in [-0.1, -0.05) is 307 Å². The van der Waals surface area contributed by atoms with E-state index in [1.54, 1.807) is 0 Å². The van der Waals surface area contributed by atoms with Crippen LogP contribution in [-0.2, 0) is 28.6 Å². The Labute approximate surface area is 473 Å². The van der Waals surface area contributed by atoms with E-state index in [0.717, 1.165) is 103 Å². The summed E-state index contributed by atoms with van der Waals surface area (Å²) < 4.78 is 16.9. The quantitative estimate of drug-likeness (QED) is 0.0261. The van der Waals surface area contributed by atoms with Crippen LogP contribution in [0.2, 0.25) is 0 Å². The van der Waals surface area contributed by atoms with Crippen molar-refractivity contribution in [1.29, 1.82) is 0 Å². The Morgan fingerprint density at radius 3 is 0.737 bits per heavy atom. The van der Waals surface area contributed by atoms with Crippen molar-refractivity contribution in [2.75, 3.05) is 13.2 Å². The van der Waals surface area contributed by atoms with E-state index in [0.29, 0.717) is 19.3 Å². The van der Waals surface area contributed by atoms with Crippen LogP contribution in [0.3, 0.4) is 0 Å². The molecule has 76 heavy (non-hydrogen) atoms. The summed E-state index contributed by atoms with van der Waals surface area (Å²) in [4.78, 5) is 38.3. The van der Waals surface area contributed by atoms with E-state index in [2.05, 4.69) is 69.4 Å². The number of hydrogen-bond donors (Lipinski definition) is 0. The topological polar surface area (TPSA) is 78.9 Å². The second-order valence-corrected chi connectivity index (χ2v) is 22.7. The molecule has 0 saturated heterocycles. The minimum Gasteiger partial charge on any atom is -0.462 e. The van der Waals surface area contributed by atoms with Gasteiger partial charge in [-0.25, -0.2) is 0 Å². The van der Waals surface area contributed by atoms with Crippen molar-refractivity contribution in [2.45, 2.75) is 367 Å². The molecule has 6 heteroatoms. The highest BCUT2D eigenvalue weighted by atomic mass is 16.6. The van der Waals surface area contributed by atoms with Gasteiger partial charge in [-0.2, -0.15) is 0 Å². The van der Waals surface area contributed by atoms with Gasteiger partial charge >= 0.3 is 17.9 Å². The number of carbonyl (C=O) groups excluding carboxylic acids is 3. The van der Waals surface area contributed by atoms with Gasteiger partial charge in [0.15, 0.2) is 6.10 Å². The van der Waals surface area contributed by atoms with Crippen LogP contribution in [0.15, 0.2) is 48.6 Å². The lowest BCUT2D eigenvalue weighted by atomic mass is 10.0. The number of esters is 3. The predicted molar refractivity (Wildman–Crippen MR) is 330 cm³/mol. The molecule has 0 aromatic rings. The van der Waals surface area contributed by atoms with Gasteiger partial charge in [0.1, 0.15) is 13.2 Å². The van der Waals surface area contributed by atoms with Crippen LogP contribution < -0.4 is 0 Å². The van der Waals surface area contributed by atoms with E-state index < -0.39 is 6.10 Å². The minimum atomic E-state index is -0.786. The second-order valence-electron chi connectivity index (χ2n) is 22.7. The van der Waals surface area contributed by atoms with Gasteiger partial charge in [0.2, 0.25) is 0 Å². The Bertz CT molecular complexity index is 1310. The van der Waals surface area contributed by atoms with E-state index in [-0.39, 0.29) is 31.1 Å². The summed E-state index contributed by atoms with van der Waals surface area (Å²) >= 11 is 0. The summed E-state index contributed by atoms with van der Waals surface area (Å²) in [6.07, 6.45) is 81.3. The average Bonchev–Trinajstić information content (AvgIpc) is 3.42. The molecule has 0 N–H and O–H groups in total. The molecule has 0 bridgehead atoms. The number of hydrogen-bond acceptors (Lipinski definition) is 6. The van der Waals surface area contributed by atoms with Crippen LogP contribution in [0.1, 0.15) is 361 Å². The fourth-order valence-electron chi connectivity index (χ4n) is 9.98. The summed E-state index contributed by atoms with van der Waals surface area (Å²) in [5.41, 5.74) is 0. The maximum atomic E-state index is 12.9. The zero-order valence-corrected chi connectivity index (χ0v) is 51.0. The highest BCUT2D eigenvalue weighted by Gasteiger charge is 2.19. The zero-order chi connectivity index (χ0) is 55.0. The third kappa shape index (κ3) is 62.2. The molecule has 0 rings (SSSR count). The van der Waals surface area contributed by atoms with E-state index in [9.17, 15) is 14.4 Å². The largest absolute Gasteiger partial charge is 0.462 e. The average molecular weight is 1070 g/mol. The summed E-state index contributed by atoms with van der Waals surface area (Å²) in [5, 5.41) is 0. The summed E-state index contributed by atoms with van der Waals surface area (Å²) in [5.74, 6) is -0.886. The van der Waals surface area contributed by atoms with Crippen molar-refractivity contribution in [3.63, 3.8) is 0 Å². The molecule has 1 unspecified atom stereocenters. The van der Waals surface area contributed by atoms with Crippen LogP contribution in [0.25, 0.3) is 0 Å². The molecule has 0 saturated carbocycles. The standard InChI is InChI=1S/C70H128O6/c1-4-7-10-13-16-19-22-25-28-31-32-33-34-35-36-37-38-39-40-43-45-48-51-54-57-60-63-69(72)75-66-67(76-70(73)64-61-58-55-52-49-46-42-30-27-24-21-18-15-12-9-6-3)65-74-68(71)62-59-56-53-50-47-44-41-29-26-23-20-17-14-11-8-5-2/h20-21,23-24,29-30,41-42,67H,4-19,22,25-28,31-40,43-66H2,1-3H3/b23-20-,24-21-,41-29-,42-30-. The Hall–Kier alpha value is -2.63. The molecule has 0 radical (unpaired) electrons. The number of carbonyl (C=O) groups is 3. The third-order valence-corrected chi connectivity index (χ3v) is 15.1. The van der Waals surface area contributed by atoms with Gasteiger partial charge in [0.05, 0.1) is 0 Å². The van der Waals surface area contributed by atoms with Crippen molar-refractivity contribution in [2.24, 2.45) is 0 Å². The van der Waals surface area contributed by atoms with E-state index in [1.807, 2.05) is 0 Å². The minimum absolute atomic E-state index is 0.0800. The summed E-state index contributed by atoms with van der Waals surface area (Å²) in [7, 11) is 0. The molecule has 0 aliphatic rings. The number of allylic oxidation sites excluding steroid dienone is 8. The Balaban J connectivity index is 4.27. The maximum absolute atomic E-state index is 12.9. The first-order valence-electron chi connectivity index (χ1n) is 33.6. The second kappa shape index (κ2) is 64.9. The van der Waals surface area contributed by atoms with Crippen LogP contribution in [0, 0.1) is 0 Å². The lowest BCUT2D eigenvalue weighted by molar-refractivity contribution is -0.167. The van der Waals surface area contributed by atoms with Gasteiger partial charge in [0, 0.05) is 19.3 Å². The first-order valence-corrected chi connectivity index (χ1v) is 33.6. The Kier molecular flexibility index (Phi) is 62.6. The molecule has 0 aliphatic heterocycles. The normalized spacial score (nSPS) is 12.3. The monoisotopic (exact) mass is 1060 g/mol. The van der Waals surface area contributed by atoms with Crippen molar-refractivity contribution in [3.05, 3.63) is 48.6 Å². The third-order valence-electron chi connectivity index (χ3n) is 15.1. The highest BCUT2D eigenvalue weighted by Crippen LogP contribution is 2.18. The summed E-state index contributed by atoms with van der Waals surface area (Å²) in [6.45, 7) is 6.64. The van der Waals surface area contributed by atoms with Crippen LogP contribution >= 0.6 is 0 Å². The van der Waals surface area contributed by atoms with Gasteiger partial charge in [-0.3, -0.25) is 14.4 Å². The first kappa shape index (κ1) is 73.4. The Morgan fingerprint density at radius 1 is 0.263 bits per heavy atom. The fraction of sp³-hybridized carbons (Fsp3) is 0.843. The molecule has 0 aliphatic carbocycles. The van der Waals surface area contributed by atoms with E-state index in [1.165, 1.54) is 218 Å².